The molecule has 1 heterocycles. The van der Waals surface area contributed by atoms with Crippen molar-refractivity contribution in [3.63, 3.8) is 0 Å². The first-order valence-corrected chi connectivity index (χ1v) is 6.41. The van der Waals surface area contributed by atoms with Gasteiger partial charge in [-0.1, -0.05) is 34.1 Å². The number of nitrogens with one attached hydrogen (secondary N) is 1. The SMILES string of the molecule is S=c1[nH]c2ccc(Br)cc2n1-c1ccccc1. The Hall–Kier alpha value is -1.39. The summed E-state index contributed by atoms with van der Waals surface area (Å²) in [6.45, 7) is 0. The fourth-order valence-corrected chi connectivity index (χ4v) is 2.57. The topological polar surface area (TPSA) is 20.7 Å². The Morgan fingerprint density at radius 3 is 2.59 bits per heavy atom. The third-order valence-electron chi connectivity index (χ3n) is 2.66. The number of aromatic nitrogens is 2. The number of halogens is 1. The van der Waals surface area contributed by atoms with Crippen molar-refractivity contribution < 1.29 is 0 Å². The molecule has 4 heteroatoms. The number of rotatable bonds is 1. The van der Waals surface area contributed by atoms with Crippen LogP contribution >= 0.6 is 28.1 Å². The summed E-state index contributed by atoms with van der Waals surface area (Å²) in [5.74, 6) is 0. The van der Waals surface area contributed by atoms with E-state index in [4.69, 9.17) is 12.2 Å². The Kier molecular flexibility index (Phi) is 2.61. The first-order valence-electron chi connectivity index (χ1n) is 5.21. The maximum atomic E-state index is 5.37. The molecule has 3 rings (SSSR count). The van der Waals surface area contributed by atoms with E-state index in [9.17, 15) is 0 Å². The number of aromatic amines is 1. The second kappa shape index (κ2) is 4.13. The van der Waals surface area contributed by atoms with Gasteiger partial charge in [-0.3, -0.25) is 4.57 Å². The average Bonchev–Trinajstić information content (AvgIpc) is 2.65. The summed E-state index contributed by atoms with van der Waals surface area (Å²) in [6.07, 6.45) is 0. The van der Waals surface area contributed by atoms with Crippen LogP contribution in [-0.4, -0.2) is 9.55 Å². The molecule has 1 N–H and O–H groups in total. The number of hydrogen-bond acceptors (Lipinski definition) is 1. The van der Waals surface area contributed by atoms with E-state index in [1.54, 1.807) is 0 Å². The molecule has 0 saturated heterocycles. The van der Waals surface area contributed by atoms with Gasteiger partial charge in [0.1, 0.15) is 0 Å². The standard InChI is InChI=1S/C13H9BrN2S/c14-9-6-7-11-12(8-9)16(13(17)15-11)10-4-2-1-3-5-10/h1-8H,(H,15,17). The lowest BCUT2D eigenvalue weighted by molar-refractivity contribution is 1.06. The summed E-state index contributed by atoms with van der Waals surface area (Å²) < 4.78 is 3.79. The third-order valence-corrected chi connectivity index (χ3v) is 3.44. The number of para-hydroxylation sites is 1. The second-order valence-electron chi connectivity index (χ2n) is 3.76. The highest BCUT2D eigenvalue weighted by atomic mass is 79.9. The van der Waals surface area contributed by atoms with E-state index in [1.165, 1.54) is 0 Å². The minimum atomic E-state index is 0.712. The van der Waals surface area contributed by atoms with E-state index in [0.29, 0.717) is 4.77 Å². The van der Waals surface area contributed by atoms with Gasteiger partial charge < -0.3 is 4.98 Å². The highest BCUT2D eigenvalue weighted by molar-refractivity contribution is 9.10. The van der Waals surface area contributed by atoms with Gasteiger partial charge >= 0.3 is 0 Å². The minimum Gasteiger partial charge on any atom is -0.330 e. The van der Waals surface area contributed by atoms with Crippen LogP contribution in [0.3, 0.4) is 0 Å². The zero-order valence-corrected chi connectivity index (χ0v) is 11.3. The molecule has 0 bridgehead atoms. The van der Waals surface area contributed by atoms with Crippen molar-refractivity contribution in [1.82, 2.24) is 9.55 Å². The maximum Gasteiger partial charge on any atom is 0.182 e. The summed E-state index contributed by atoms with van der Waals surface area (Å²) in [7, 11) is 0. The van der Waals surface area contributed by atoms with Crippen LogP contribution in [-0.2, 0) is 0 Å². The molecule has 0 amide bonds. The molecule has 0 atom stereocenters. The van der Waals surface area contributed by atoms with Crippen molar-refractivity contribution in [2.45, 2.75) is 0 Å². The fourth-order valence-electron chi connectivity index (χ4n) is 1.91. The van der Waals surface area contributed by atoms with Gasteiger partial charge in [-0.25, -0.2) is 0 Å². The van der Waals surface area contributed by atoms with E-state index >= 15 is 0 Å². The molecule has 0 unspecified atom stereocenters. The van der Waals surface area contributed by atoms with Crippen molar-refractivity contribution in [3.05, 3.63) is 57.8 Å². The predicted octanol–water partition coefficient (Wildman–Crippen LogP) is 4.45. The van der Waals surface area contributed by atoms with Gasteiger partial charge in [0.05, 0.1) is 11.0 Å². The lowest BCUT2D eigenvalue weighted by Gasteiger charge is -2.03. The second-order valence-corrected chi connectivity index (χ2v) is 5.06. The van der Waals surface area contributed by atoms with E-state index in [-0.39, 0.29) is 0 Å². The van der Waals surface area contributed by atoms with Gasteiger partial charge in [-0.2, -0.15) is 0 Å². The molecule has 0 aliphatic rings. The molecule has 3 aromatic rings. The number of nitrogens with zero attached hydrogens (tertiary/aromatic N) is 1. The lowest BCUT2D eigenvalue weighted by Crippen LogP contribution is -1.92. The van der Waals surface area contributed by atoms with Gasteiger partial charge in [-0.15, -0.1) is 0 Å². The number of fused-ring (bicyclic) bond motifs is 1. The summed E-state index contributed by atoms with van der Waals surface area (Å²) in [5, 5.41) is 0. The van der Waals surface area contributed by atoms with Crippen molar-refractivity contribution >= 4 is 39.2 Å². The van der Waals surface area contributed by atoms with Crippen LogP contribution in [0.2, 0.25) is 0 Å². The molecule has 0 radical (unpaired) electrons. The van der Waals surface area contributed by atoms with Gasteiger partial charge in [0.15, 0.2) is 4.77 Å². The molecule has 2 nitrogen and oxygen atoms in total. The van der Waals surface area contributed by atoms with Crippen molar-refractivity contribution in [2.75, 3.05) is 0 Å². The van der Waals surface area contributed by atoms with Gasteiger partial charge in [-0.05, 0) is 42.5 Å². The molecule has 17 heavy (non-hydrogen) atoms. The molecule has 2 aromatic carbocycles. The molecule has 0 aliphatic heterocycles. The molecule has 0 fully saturated rings. The fraction of sp³-hybridized carbons (Fsp3) is 0. The van der Waals surface area contributed by atoms with Crippen LogP contribution < -0.4 is 0 Å². The number of imidazole rings is 1. The highest BCUT2D eigenvalue weighted by Gasteiger charge is 2.06. The number of H-pyrrole nitrogens is 1. The van der Waals surface area contributed by atoms with Crippen molar-refractivity contribution in [3.8, 4) is 5.69 Å². The summed E-state index contributed by atoms with van der Waals surface area (Å²) in [5.41, 5.74) is 3.19. The van der Waals surface area contributed by atoms with E-state index in [2.05, 4.69) is 27.0 Å². The smallest absolute Gasteiger partial charge is 0.182 e. The van der Waals surface area contributed by atoms with Crippen LogP contribution in [0.4, 0.5) is 0 Å². The Morgan fingerprint density at radius 2 is 1.82 bits per heavy atom. The molecule has 1 aromatic heterocycles. The average molecular weight is 305 g/mol. The molecular formula is C13H9BrN2S. The molecule has 0 saturated carbocycles. The Morgan fingerprint density at radius 1 is 1.06 bits per heavy atom. The third kappa shape index (κ3) is 1.83. The van der Waals surface area contributed by atoms with Gasteiger partial charge in [0.25, 0.3) is 0 Å². The summed E-state index contributed by atoms with van der Waals surface area (Å²) in [4.78, 5) is 3.21. The van der Waals surface area contributed by atoms with Crippen molar-refractivity contribution in [2.24, 2.45) is 0 Å². The van der Waals surface area contributed by atoms with Crippen LogP contribution in [0.5, 0.6) is 0 Å². The van der Waals surface area contributed by atoms with E-state index < -0.39 is 0 Å². The predicted molar refractivity (Wildman–Crippen MR) is 76.2 cm³/mol. The quantitative estimate of drug-likeness (QED) is 0.659. The van der Waals surface area contributed by atoms with E-state index in [1.807, 2.05) is 47.0 Å². The zero-order valence-electron chi connectivity index (χ0n) is 8.85. The highest BCUT2D eigenvalue weighted by Crippen LogP contribution is 2.22. The molecule has 0 aliphatic carbocycles. The van der Waals surface area contributed by atoms with Crippen LogP contribution in [0.25, 0.3) is 16.7 Å². The van der Waals surface area contributed by atoms with Crippen molar-refractivity contribution in [1.29, 1.82) is 0 Å². The molecular weight excluding hydrogens is 296 g/mol. The largest absolute Gasteiger partial charge is 0.330 e. The molecule has 84 valence electrons. The minimum absolute atomic E-state index is 0.712. The maximum absolute atomic E-state index is 5.37. The number of benzene rings is 2. The lowest BCUT2D eigenvalue weighted by atomic mass is 10.3. The Balaban J connectivity index is 2.40. The number of hydrogen-bond donors (Lipinski definition) is 1. The normalized spacial score (nSPS) is 10.9. The summed E-state index contributed by atoms with van der Waals surface area (Å²) >= 11 is 8.86. The molecule has 0 spiro atoms. The first-order chi connectivity index (χ1) is 8.25. The van der Waals surface area contributed by atoms with Gasteiger partial charge in [0, 0.05) is 10.2 Å². The Bertz CT molecular complexity index is 728. The van der Waals surface area contributed by atoms with Crippen LogP contribution in [0.15, 0.2) is 53.0 Å². The van der Waals surface area contributed by atoms with Crippen LogP contribution in [0.1, 0.15) is 0 Å². The first kappa shape index (κ1) is 10.7. The van der Waals surface area contributed by atoms with Gasteiger partial charge in [0.2, 0.25) is 0 Å². The monoisotopic (exact) mass is 304 g/mol. The summed E-state index contributed by atoms with van der Waals surface area (Å²) in [6, 6.07) is 16.2. The van der Waals surface area contributed by atoms with Crippen LogP contribution in [0, 0.1) is 4.77 Å². The van der Waals surface area contributed by atoms with E-state index in [0.717, 1.165) is 21.2 Å². The zero-order chi connectivity index (χ0) is 11.8. The Labute approximate surface area is 112 Å².